The first kappa shape index (κ1) is 13.7. The molecule has 94 valence electrons. The number of carboxylic acid groups (broad SMARTS) is 1. The summed E-state index contributed by atoms with van der Waals surface area (Å²) in [7, 11) is 0. The van der Waals surface area contributed by atoms with Crippen LogP contribution in [-0.4, -0.2) is 16.2 Å². The number of carboxylic acids is 1. The average molecular weight is 236 g/mol. The standard InChI is InChI=1S/C14H20O3/c1-4-10-5-7-11(8-6-10)13(15)12(9(2)3)14(16)17/h5-9,12-13,15H,4H2,1-3H3,(H,16,17). The molecule has 1 aromatic carbocycles. The highest BCUT2D eigenvalue weighted by Gasteiger charge is 2.30. The van der Waals surface area contributed by atoms with Crippen LogP contribution < -0.4 is 0 Å². The van der Waals surface area contributed by atoms with E-state index >= 15 is 0 Å². The van der Waals surface area contributed by atoms with E-state index in [9.17, 15) is 9.90 Å². The number of carbonyl (C=O) groups is 1. The molecule has 1 rings (SSSR count). The Hall–Kier alpha value is -1.35. The number of hydrogen-bond donors (Lipinski definition) is 2. The van der Waals surface area contributed by atoms with E-state index in [0.29, 0.717) is 5.56 Å². The van der Waals surface area contributed by atoms with E-state index in [2.05, 4.69) is 6.92 Å². The van der Waals surface area contributed by atoms with Crippen molar-refractivity contribution in [2.24, 2.45) is 11.8 Å². The smallest absolute Gasteiger partial charge is 0.309 e. The Morgan fingerprint density at radius 1 is 1.24 bits per heavy atom. The Labute approximate surface area is 102 Å². The molecule has 0 aromatic heterocycles. The summed E-state index contributed by atoms with van der Waals surface area (Å²) in [4.78, 5) is 11.1. The number of aliphatic carboxylic acids is 1. The van der Waals surface area contributed by atoms with E-state index in [-0.39, 0.29) is 5.92 Å². The summed E-state index contributed by atoms with van der Waals surface area (Å²) in [5.41, 5.74) is 1.85. The van der Waals surface area contributed by atoms with Gasteiger partial charge in [0.2, 0.25) is 0 Å². The van der Waals surface area contributed by atoms with Gasteiger partial charge in [0, 0.05) is 0 Å². The first-order valence-corrected chi connectivity index (χ1v) is 5.97. The van der Waals surface area contributed by atoms with Gasteiger partial charge in [-0.3, -0.25) is 4.79 Å². The highest BCUT2D eigenvalue weighted by Crippen LogP contribution is 2.28. The summed E-state index contributed by atoms with van der Waals surface area (Å²) in [5, 5.41) is 19.2. The maximum atomic E-state index is 11.1. The highest BCUT2D eigenvalue weighted by molar-refractivity contribution is 5.71. The first-order chi connectivity index (χ1) is 7.97. The zero-order valence-electron chi connectivity index (χ0n) is 10.6. The molecular weight excluding hydrogens is 216 g/mol. The molecule has 0 radical (unpaired) electrons. The molecule has 1 aromatic rings. The van der Waals surface area contributed by atoms with Gasteiger partial charge in [-0.05, 0) is 23.5 Å². The maximum absolute atomic E-state index is 11.1. The minimum absolute atomic E-state index is 0.103. The van der Waals surface area contributed by atoms with Gasteiger partial charge in [0.1, 0.15) is 0 Å². The third-order valence-electron chi connectivity index (χ3n) is 3.07. The van der Waals surface area contributed by atoms with Gasteiger partial charge in [0.25, 0.3) is 0 Å². The molecule has 0 spiro atoms. The molecule has 3 nitrogen and oxygen atoms in total. The van der Waals surface area contributed by atoms with Crippen molar-refractivity contribution >= 4 is 5.97 Å². The lowest BCUT2D eigenvalue weighted by Crippen LogP contribution is -2.26. The lowest BCUT2D eigenvalue weighted by molar-refractivity contribution is -0.148. The molecule has 0 aliphatic rings. The molecule has 0 amide bonds. The quantitative estimate of drug-likeness (QED) is 0.826. The minimum Gasteiger partial charge on any atom is -0.481 e. The Bertz CT molecular complexity index is 368. The lowest BCUT2D eigenvalue weighted by atomic mass is 9.86. The number of hydrogen-bond acceptors (Lipinski definition) is 2. The molecule has 2 N–H and O–H groups in total. The van der Waals surface area contributed by atoms with Crippen molar-refractivity contribution < 1.29 is 15.0 Å². The Balaban J connectivity index is 2.93. The van der Waals surface area contributed by atoms with Crippen LogP contribution in [0.25, 0.3) is 0 Å². The number of benzene rings is 1. The largest absolute Gasteiger partial charge is 0.481 e. The van der Waals surface area contributed by atoms with E-state index in [1.165, 1.54) is 5.56 Å². The molecular formula is C14H20O3. The normalized spacial score (nSPS) is 14.6. The zero-order valence-corrected chi connectivity index (χ0v) is 10.6. The van der Waals surface area contributed by atoms with Crippen LogP contribution in [0.3, 0.4) is 0 Å². The number of aliphatic hydroxyl groups is 1. The number of rotatable bonds is 5. The molecule has 0 saturated heterocycles. The fourth-order valence-electron chi connectivity index (χ4n) is 1.94. The Morgan fingerprint density at radius 3 is 2.12 bits per heavy atom. The molecule has 0 saturated carbocycles. The summed E-state index contributed by atoms with van der Waals surface area (Å²) >= 11 is 0. The number of aryl methyl sites for hydroxylation is 1. The van der Waals surface area contributed by atoms with Gasteiger partial charge in [-0.2, -0.15) is 0 Å². The summed E-state index contributed by atoms with van der Waals surface area (Å²) in [6.07, 6.45) is -0.0125. The zero-order chi connectivity index (χ0) is 13.0. The van der Waals surface area contributed by atoms with Crippen LogP contribution in [0.2, 0.25) is 0 Å². The first-order valence-electron chi connectivity index (χ1n) is 5.97. The van der Waals surface area contributed by atoms with Crippen LogP contribution in [0, 0.1) is 11.8 Å². The van der Waals surface area contributed by atoms with Gasteiger partial charge in [0.05, 0.1) is 12.0 Å². The third kappa shape index (κ3) is 3.30. The molecule has 0 aliphatic heterocycles. The van der Waals surface area contributed by atoms with E-state index in [0.717, 1.165) is 6.42 Å². The molecule has 0 bridgehead atoms. The number of aliphatic hydroxyl groups excluding tert-OH is 1. The van der Waals surface area contributed by atoms with Crippen molar-refractivity contribution in [2.75, 3.05) is 0 Å². The van der Waals surface area contributed by atoms with Gasteiger partial charge in [-0.1, -0.05) is 45.0 Å². The van der Waals surface area contributed by atoms with E-state index < -0.39 is 18.0 Å². The van der Waals surface area contributed by atoms with Crippen molar-refractivity contribution in [3.05, 3.63) is 35.4 Å². The summed E-state index contributed by atoms with van der Waals surface area (Å²) in [5.74, 6) is -1.82. The predicted molar refractivity (Wildman–Crippen MR) is 66.7 cm³/mol. The van der Waals surface area contributed by atoms with Crippen LogP contribution in [-0.2, 0) is 11.2 Å². The van der Waals surface area contributed by atoms with Crippen LogP contribution in [0.5, 0.6) is 0 Å². The van der Waals surface area contributed by atoms with E-state index in [1.807, 2.05) is 38.1 Å². The maximum Gasteiger partial charge on any atom is 0.309 e. The third-order valence-corrected chi connectivity index (χ3v) is 3.07. The molecule has 2 atom stereocenters. The van der Waals surface area contributed by atoms with Crippen LogP contribution in [0.1, 0.15) is 38.0 Å². The monoisotopic (exact) mass is 236 g/mol. The molecule has 2 unspecified atom stereocenters. The second kappa shape index (κ2) is 5.82. The van der Waals surface area contributed by atoms with E-state index in [4.69, 9.17) is 5.11 Å². The van der Waals surface area contributed by atoms with Crippen molar-refractivity contribution in [1.29, 1.82) is 0 Å². The average Bonchev–Trinajstić information content (AvgIpc) is 2.28. The van der Waals surface area contributed by atoms with Crippen molar-refractivity contribution in [3.8, 4) is 0 Å². The minimum atomic E-state index is -0.952. The molecule has 0 fully saturated rings. The molecule has 3 heteroatoms. The highest BCUT2D eigenvalue weighted by atomic mass is 16.4. The predicted octanol–water partition coefficient (Wildman–Crippen LogP) is 2.64. The Kier molecular flexibility index (Phi) is 4.70. The molecule has 0 aliphatic carbocycles. The fraction of sp³-hybridized carbons (Fsp3) is 0.500. The second-order valence-electron chi connectivity index (χ2n) is 4.65. The van der Waals surface area contributed by atoms with Gasteiger partial charge in [0.15, 0.2) is 0 Å². The van der Waals surface area contributed by atoms with Crippen molar-refractivity contribution in [1.82, 2.24) is 0 Å². The SMILES string of the molecule is CCc1ccc(C(O)C(C(=O)O)C(C)C)cc1. The summed E-state index contributed by atoms with van der Waals surface area (Å²) < 4.78 is 0. The van der Waals surface area contributed by atoms with Crippen LogP contribution in [0.4, 0.5) is 0 Å². The molecule has 0 heterocycles. The summed E-state index contributed by atoms with van der Waals surface area (Å²) in [6, 6.07) is 7.47. The van der Waals surface area contributed by atoms with Gasteiger partial charge in [-0.25, -0.2) is 0 Å². The topological polar surface area (TPSA) is 57.5 Å². The summed E-state index contributed by atoms with van der Waals surface area (Å²) in [6.45, 7) is 5.67. The fourth-order valence-corrected chi connectivity index (χ4v) is 1.94. The van der Waals surface area contributed by atoms with E-state index in [1.54, 1.807) is 0 Å². The molecule has 17 heavy (non-hydrogen) atoms. The van der Waals surface area contributed by atoms with Gasteiger partial charge in [-0.15, -0.1) is 0 Å². The van der Waals surface area contributed by atoms with Crippen molar-refractivity contribution in [3.63, 3.8) is 0 Å². The second-order valence-corrected chi connectivity index (χ2v) is 4.65. The van der Waals surface area contributed by atoms with Crippen molar-refractivity contribution in [2.45, 2.75) is 33.3 Å². The lowest BCUT2D eigenvalue weighted by Gasteiger charge is -2.22. The van der Waals surface area contributed by atoms with Gasteiger partial charge < -0.3 is 10.2 Å². The van der Waals surface area contributed by atoms with Gasteiger partial charge >= 0.3 is 5.97 Å². The van der Waals surface area contributed by atoms with Crippen LogP contribution >= 0.6 is 0 Å². The van der Waals surface area contributed by atoms with Crippen LogP contribution in [0.15, 0.2) is 24.3 Å². The Morgan fingerprint density at radius 2 is 1.76 bits per heavy atom.